The number of piperazine rings is 1. The second-order valence-corrected chi connectivity index (χ2v) is 8.65. The molecular formula is C25H29ClN4O3. The van der Waals surface area contributed by atoms with Crippen LogP contribution in [0.5, 0.6) is 0 Å². The van der Waals surface area contributed by atoms with Crippen molar-refractivity contribution in [2.24, 2.45) is 0 Å². The number of amides is 2. The molecule has 1 aliphatic heterocycles. The van der Waals surface area contributed by atoms with E-state index in [1.54, 1.807) is 11.8 Å². The number of H-pyrrole nitrogens is 1. The van der Waals surface area contributed by atoms with Crippen LogP contribution < -0.4 is 10.2 Å². The summed E-state index contributed by atoms with van der Waals surface area (Å²) >= 11 is 6.12. The molecule has 2 aromatic carbocycles. The Labute approximate surface area is 198 Å². The summed E-state index contributed by atoms with van der Waals surface area (Å²) in [6.07, 6.45) is 1.90. The molecule has 1 aliphatic rings. The van der Waals surface area contributed by atoms with Crippen LogP contribution in [0.2, 0.25) is 5.02 Å². The number of carbonyl (C=O) groups is 2. The van der Waals surface area contributed by atoms with Crippen molar-refractivity contribution in [3.8, 4) is 0 Å². The van der Waals surface area contributed by atoms with E-state index in [2.05, 4.69) is 15.2 Å². The van der Waals surface area contributed by atoms with Gasteiger partial charge in [0.15, 0.2) is 0 Å². The number of hydrogen-bond donors (Lipinski definition) is 2. The van der Waals surface area contributed by atoms with Crippen molar-refractivity contribution in [2.75, 3.05) is 37.7 Å². The zero-order chi connectivity index (χ0) is 23.4. The number of urea groups is 1. The molecule has 0 radical (unpaired) electrons. The molecule has 8 heteroatoms. The van der Waals surface area contributed by atoms with E-state index >= 15 is 0 Å². The van der Waals surface area contributed by atoms with E-state index in [4.69, 9.17) is 16.3 Å². The second-order valence-electron chi connectivity index (χ2n) is 8.21. The molecular weight excluding hydrogens is 440 g/mol. The standard InChI is InChI=1S/C25H29ClN4O3/c1-3-33-24(31)23(17(2)21-16-27-22-10-5-4-9-20(21)22)28-25(32)30-13-11-29(12-14-30)19-8-6-7-18(26)15-19/h4-10,15-17,23,27H,3,11-14H2,1-2H3,(H,28,32)/t17-,23+/m0/s1. The summed E-state index contributed by atoms with van der Waals surface area (Å²) in [5.74, 6) is -0.696. The lowest BCUT2D eigenvalue weighted by Gasteiger charge is -2.37. The number of anilines is 1. The molecule has 0 aliphatic carbocycles. The summed E-state index contributed by atoms with van der Waals surface area (Å²) in [4.78, 5) is 33.1. The fourth-order valence-electron chi connectivity index (χ4n) is 4.34. The van der Waals surface area contributed by atoms with Crippen molar-refractivity contribution in [3.63, 3.8) is 0 Å². The first kappa shape index (κ1) is 23.0. The number of aromatic amines is 1. The van der Waals surface area contributed by atoms with Gasteiger partial charge in [-0.05, 0) is 36.8 Å². The number of hydrogen-bond acceptors (Lipinski definition) is 4. The average Bonchev–Trinajstić information content (AvgIpc) is 3.26. The van der Waals surface area contributed by atoms with Gasteiger partial charge in [0.1, 0.15) is 6.04 Å². The Balaban J connectivity index is 1.45. The van der Waals surface area contributed by atoms with E-state index in [0.29, 0.717) is 31.2 Å². The maximum absolute atomic E-state index is 13.1. The van der Waals surface area contributed by atoms with E-state index in [1.807, 2.05) is 61.7 Å². The molecule has 1 aromatic heterocycles. The number of aromatic nitrogens is 1. The van der Waals surface area contributed by atoms with Gasteiger partial charge in [-0.2, -0.15) is 0 Å². The maximum Gasteiger partial charge on any atom is 0.329 e. The highest BCUT2D eigenvalue weighted by atomic mass is 35.5. The number of rotatable bonds is 6. The van der Waals surface area contributed by atoms with Gasteiger partial charge in [-0.15, -0.1) is 0 Å². The molecule has 3 aromatic rings. The fourth-order valence-corrected chi connectivity index (χ4v) is 4.52. The molecule has 0 bridgehead atoms. The normalized spacial score (nSPS) is 15.8. The number of fused-ring (bicyclic) bond motifs is 1. The molecule has 0 saturated carbocycles. The summed E-state index contributed by atoms with van der Waals surface area (Å²) in [6, 6.07) is 14.6. The molecule has 33 heavy (non-hydrogen) atoms. The fraction of sp³-hybridized carbons (Fsp3) is 0.360. The number of halogens is 1. The van der Waals surface area contributed by atoms with E-state index in [9.17, 15) is 9.59 Å². The lowest BCUT2D eigenvalue weighted by atomic mass is 9.93. The molecule has 7 nitrogen and oxygen atoms in total. The Bertz CT molecular complexity index is 1120. The minimum Gasteiger partial charge on any atom is -0.464 e. The summed E-state index contributed by atoms with van der Waals surface area (Å²) < 4.78 is 5.31. The van der Waals surface area contributed by atoms with Crippen LogP contribution in [-0.2, 0) is 9.53 Å². The van der Waals surface area contributed by atoms with Crippen molar-refractivity contribution in [3.05, 3.63) is 65.3 Å². The largest absolute Gasteiger partial charge is 0.464 e. The minimum absolute atomic E-state index is 0.254. The predicted octanol–water partition coefficient (Wildman–Crippen LogP) is 4.39. The number of para-hydroxylation sites is 1. The first-order valence-corrected chi connectivity index (χ1v) is 11.6. The Morgan fingerprint density at radius 3 is 2.61 bits per heavy atom. The third-order valence-corrected chi connectivity index (χ3v) is 6.41. The van der Waals surface area contributed by atoms with Crippen molar-refractivity contribution in [2.45, 2.75) is 25.8 Å². The highest BCUT2D eigenvalue weighted by Gasteiger charge is 2.33. The Morgan fingerprint density at radius 1 is 1.12 bits per heavy atom. The Morgan fingerprint density at radius 2 is 1.88 bits per heavy atom. The zero-order valence-electron chi connectivity index (χ0n) is 18.9. The van der Waals surface area contributed by atoms with Gasteiger partial charge in [0.05, 0.1) is 6.61 Å². The van der Waals surface area contributed by atoms with Crippen LogP contribution in [-0.4, -0.2) is 60.7 Å². The average molecular weight is 469 g/mol. The van der Waals surface area contributed by atoms with E-state index < -0.39 is 12.0 Å². The molecule has 174 valence electrons. The molecule has 2 amide bonds. The van der Waals surface area contributed by atoms with Crippen molar-refractivity contribution >= 4 is 40.2 Å². The summed E-state index contributed by atoms with van der Waals surface area (Å²) in [7, 11) is 0. The SMILES string of the molecule is CCOC(=O)[C@H](NC(=O)N1CCN(c2cccc(Cl)c2)CC1)[C@@H](C)c1c[nH]c2ccccc12. The highest BCUT2D eigenvalue weighted by molar-refractivity contribution is 6.30. The monoisotopic (exact) mass is 468 g/mol. The van der Waals surface area contributed by atoms with Crippen molar-refractivity contribution < 1.29 is 14.3 Å². The van der Waals surface area contributed by atoms with Gasteiger partial charge in [0.2, 0.25) is 0 Å². The van der Waals surface area contributed by atoms with E-state index in [0.717, 1.165) is 22.2 Å². The summed E-state index contributed by atoms with van der Waals surface area (Å²) in [6.45, 7) is 6.44. The van der Waals surface area contributed by atoms with Crippen LogP contribution >= 0.6 is 11.6 Å². The lowest BCUT2D eigenvalue weighted by molar-refractivity contribution is -0.145. The summed E-state index contributed by atoms with van der Waals surface area (Å²) in [5, 5.41) is 4.67. The van der Waals surface area contributed by atoms with Gasteiger partial charge >= 0.3 is 12.0 Å². The predicted molar refractivity (Wildman–Crippen MR) is 131 cm³/mol. The van der Waals surface area contributed by atoms with Crippen LogP contribution in [0.25, 0.3) is 10.9 Å². The topological polar surface area (TPSA) is 77.7 Å². The first-order valence-electron chi connectivity index (χ1n) is 11.3. The van der Waals surface area contributed by atoms with Crippen LogP contribution in [0.15, 0.2) is 54.7 Å². The Hall–Kier alpha value is -3.19. The third-order valence-electron chi connectivity index (χ3n) is 6.17. The molecule has 2 atom stereocenters. The van der Waals surface area contributed by atoms with Gasteiger partial charge in [0.25, 0.3) is 0 Å². The smallest absolute Gasteiger partial charge is 0.329 e. The zero-order valence-corrected chi connectivity index (χ0v) is 19.6. The van der Waals surface area contributed by atoms with Crippen LogP contribution in [0.4, 0.5) is 10.5 Å². The first-order chi connectivity index (χ1) is 16.0. The number of nitrogens with zero attached hydrogens (tertiary/aromatic N) is 2. The molecule has 2 heterocycles. The molecule has 1 saturated heterocycles. The third kappa shape index (κ3) is 5.09. The van der Waals surface area contributed by atoms with Crippen LogP contribution in [0.1, 0.15) is 25.3 Å². The van der Waals surface area contributed by atoms with Crippen molar-refractivity contribution in [1.29, 1.82) is 0 Å². The van der Waals surface area contributed by atoms with Gasteiger partial charge < -0.3 is 24.8 Å². The number of ether oxygens (including phenoxy) is 1. The molecule has 0 unspecified atom stereocenters. The van der Waals surface area contributed by atoms with Gasteiger partial charge in [-0.25, -0.2) is 9.59 Å². The van der Waals surface area contributed by atoms with Crippen LogP contribution in [0.3, 0.4) is 0 Å². The Kier molecular flexibility index (Phi) is 7.08. The number of benzene rings is 2. The van der Waals surface area contributed by atoms with Gasteiger partial charge in [-0.1, -0.05) is 42.8 Å². The quantitative estimate of drug-likeness (QED) is 0.526. The molecule has 4 rings (SSSR count). The van der Waals surface area contributed by atoms with E-state index in [-0.39, 0.29) is 18.6 Å². The lowest BCUT2D eigenvalue weighted by Crippen LogP contribution is -2.55. The van der Waals surface area contributed by atoms with E-state index in [1.165, 1.54) is 0 Å². The summed E-state index contributed by atoms with van der Waals surface area (Å²) in [5.41, 5.74) is 3.00. The number of esters is 1. The van der Waals surface area contributed by atoms with Crippen LogP contribution in [0, 0.1) is 0 Å². The van der Waals surface area contributed by atoms with Crippen molar-refractivity contribution in [1.82, 2.24) is 15.2 Å². The molecule has 2 N–H and O–H groups in total. The second kappa shape index (κ2) is 10.2. The molecule has 1 fully saturated rings. The molecule has 0 spiro atoms. The highest BCUT2D eigenvalue weighted by Crippen LogP contribution is 2.28. The van der Waals surface area contributed by atoms with Gasteiger partial charge in [0, 0.05) is 59.9 Å². The number of carbonyl (C=O) groups excluding carboxylic acids is 2. The minimum atomic E-state index is -0.789. The van der Waals surface area contributed by atoms with Gasteiger partial charge in [-0.3, -0.25) is 0 Å². The number of nitrogens with one attached hydrogen (secondary N) is 2. The maximum atomic E-state index is 13.1.